The molecule has 0 radical (unpaired) electrons. The summed E-state index contributed by atoms with van der Waals surface area (Å²) in [6.07, 6.45) is 3.78. The Morgan fingerprint density at radius 2 is 2.00 bits per heavy atom. The molecule has 4 rings (SSSR count). The molecule has 9 nitrogen and oxygen atoms in total. The SMILES string of the molecule is O=C(c1cccc(NCc2ccc(N3CCCC3)c([N+](=O)[O-])c2)n1)N1CCC[C@H]1CO. The van der Waals surface area contributed by atoms with Gasteiger partial charge in [0.15, 0.2) is 0 Å². The molecule has 1 atom stereocenters. The van der Waals surface area contributed by atoms with Crippen molar-refractivity contribution in [1.29, 1.82) is 0 Å². The number of amides is 1. The number of benzene rings is 1. The number of nitrogens with one attached hydrogen (secondary N) is 1. The van der Waals surface area contributed by atoms with Gasteiger partial charge in [-0.1, -0.05) is 12.1 Å². The number of hydrogen-bond donors (Lipinski definition) is 2. The molecule has 9 heteroatoms. The second-order valence-electron chi connectivity index (χ2n) is 8.01. The number of nitro benzene ring substituents is 1. The Balaban J connectivity index is 1.46. The van der Waals surface area contributed by atoms with E-state index in [9.17, 15) is 20.0 Å². The lowest BCUT2D eigenvalue weighted by molar-refractivity contribution is -0.384. The predicted molar refractivity (Wildman–Crippen MR) is 117 cm³/mol. The van der Waals surface area contributed by atoms with E-state index in [0.29, 0.717) is 30.3 Å². The molecule has 0 aliphatic carbocycles. The van der Waals surface area contributed by atoms with Crippen LogP contribution in [0.15, 0.2) is 36.4 Å². The standard InChI is InChI=1S/C22H27N5O4/c28-15-17-5-4-12-26(17)22(29)18-6-3-7-21(24-18)23-14-16-8-9-19(20(13-16)27(30)31)25-10-1-2-11-25/h3,6-9,13,17,28H,1-2,4-5,10-12,14-15H2,(H,23,24)/t17-/m0/s1. The van der Waals surface area contributed by atoms with Gasteiger partial charge in [0, 0.05) is 32.2 Å². The summed E-state index contributed by atoms with van der Waals surface area (Å²) < 4.78 is 0. The van der Waals surface area contributed by atoms with Crippen molar-refractivity contribution in [2.45, 2.75) is 38.3 Å². The lowest BCUT2D eigenvalue weighted by Gasteiger charge is -2.22. The number of pyridine rings is 1. The zero-order chi connectivity index (χ0) is 21.8. The smallest absolute Gasteiger partial charge is 0.292 e. The average Bonchev–Trinajstić information content (AvgIpc) is 3.49. The molecular weight excluding hydrogens is 398 g/mol. The quantitative estimate of drug-likeness (QED) is 0.518. The first-order valence-electron chi connectivity index (χ1n) is 10.7. The van der Waals surface area contributed by atoms with Gasteiger partial charge in [-0.25, -0.2) is 4.98 Å². The molecule has 0 unspecified atom stereocenters. The van der Waals surface area contributed by atoms with Crippen molar-refractivity contribution in [1.82, 2.24) is 9.88 Å². The van der Waals surface area contributed by atoms with E-state index in [2.05, 4.69) is 15.2 Å². The summed E-state index contributed by atoms with van der Waals surface area (Å²) >= 11 is 0. The zero-order valence-corrected chi connectivity index (χ0v) is 17.4. The maximum Gasteiger partial charge on any atom is 0.292 e. The normalized spacial score (nSPS) is 18.4. The van der Waals surface area contributed by atoms with Crippen molar-refractivity contribution in [3.8, 4) is 0 Å². The number of nitrogens with zero attached hydrogens (tertiary/aromatic N) is 4. The van der Waals surface area contributed by atoms with Gasteiger partial charge in [0.05, 0.1) is 17.6 Å². The van der Waals surface area contributed by atoms with Crippen LogP contribution in [0.5, 0.6) is 0 Å². The van der Waals surface area contributed by atoms with Crippen LogP contribution in [0.3, 0.4) is 0 Å². The number of carbonyl (C=O) groups excluding carboxylic acids is 1. The summed E-state index contributed by atoms with van der Waals surface area (Å²) in [6.45, 7) is 2.62. The zero-order valence-electron chi connectivity index (χ0n) is 17.4. The molecular formula is C22H27N5O4. The second kappa shape index (κ2) is 9.30. The van der Waals surface area contributed by atoms with Crippen molar-refractivity contribution >= 4 is 23.1 Å². The molecule has 0 bridgehead atoms. The summed E-state index contributed by atoms with van der Waals surface area (Å²) in [4.78, 5) is 32.2. The third-order valence-electron chi connectivity index (χ3n) is 5.97. The van der Waals surface area contributed by atoms with Crippen molar-refractivity contribution < 1.29 is 14.8 Å². The van der Waals surface area contributed by atoms with Crippen LogP contribution < -0.4 is 10.2 Å². The molecule has 3 heterocycles. The number of hydrogen-bond acceptors (Lipinski definition) is 7. The first kappa shape index (κ1) is 21.0. The fraction of sp³-hybridized carbons (Fsp3) is 0.455. The van der Waals surface area contributed by atoms with Gasteiger partial charge in [0.25, 0.3) is 11.6 Å². The molecule has 0 spiro atoms. The minimum Gasteiger partial charge on any atom is -0.394 e. The van der Waals surface area contributed by atoms with Gasteiger partial charge in [-0.3, -0.25) is 14.9 Å². The number of likely N-dealkylation sites (tertiary alicyclic amines) is 1. The van der Waals surface area contributed by atoms with E-state index in [1.54, 1.807) is 29.2 Å². The molecule has 31 heavy (non-hydrogen) atoms. The monoisotopic (exact) mass is 425 g/mol. The van der Waals surface area contributed by atoms with Gasteiger partial charge in [-0.05, 0) is 49.4 Å². The van der Waals surface area contributed by atoms with Crippen LogP contribution in [0, 0.1) is 10.1 Å². The van der Waals surface area contributed by atoms with E-state index in [0.717, 1.165) is 44.3 Å². The summed E-state index contributed by atoms with van der Waals surface area (Å²) in [5, 5.41) is 24.2. The predicted octanol–water partition coefficient (Wildman–Crippen LogP) is 2.80. The van der Waals surface area contributed by atoms with Crippen LogP contribution in [-0.4, -0.2) is 58.1 Å². The maximum absolute atomic E-state index is 12.8. The van der Waals surface area contributed by atoms with E-state index in [-0.39, 0.29) is 29.2 Å². The fourth-order valence-electron chi connectivity index (χ4n) is 4.34. The highest BCUT2D eigenvalue weighted by molar-refractivity contribution is 5.93. The number of rotatable bonds is 7. The van der Waals surface area contributed by atoms with Gasteiger partial charge in [0.2, 0.25) is 0 Å². The third kappa shape index (κ3) is 4.61. The highest BCUT2D eigenvalue weighted by atomic mass is 16.6. The van der Waals surface area contributed by atoms with E-state index in [1.807, 2.05) is 12.1 Å². The lowest BCUT2D eigenvalue weighted by Crippen LogP contribution is -2.38. The molecule has 2 N–H and O–H groups in total. The molecule has 164 valence electrons. The first-order chi connectivity index (χ1) is 15.1. The van der Waals surface area contributed by atoms with Gasteiger partial charge < -0.3 is 20.2 Å². The van der Waals surface area contributed by atoms with Gasteiger partial charge >= 0.3 is 0 Å². The number of carbonyl (C=O) groups is 1. The molecule has 1 aromatic carbocycles. The van der Waals surface area contributed by atoms with Crippen molar-refractivity contribution in [2.75, 3.05) is 36.5 Å². The van der Waals surface area contributed by atoms with E-state index < -0.39 is 0 Å². The van der Waals surface area contributed by atoms with Crippen LogP contribution in [-0.2, 0) is 6.54 Å². The van der Waals surface area contributed by atoms with Crippen molar-refractivity contribution in [3.63, 3.8) is 0 Å². The second-order valence-corrected chi connectivity index (χ2v) is 8.01. The van der Waals surface area contributed by atoms with Crippen LogP contribution >= 0.6 is 0 Å². The minimum absolute atomic E-state index is 0.0457. The van der Waals surface area contributed by atoms with Crippen LogP contribution in [0.1, 0.15) is 41.7 Å². The molecule has 2 aliphatic rings. The lowest BCUT2D eigenvalue weighted by atomic mass is 10.1. The van der Waals surface area contributed by atoms with Gasteiger partial charge in [-0.2, -0.15) is 0 Å². The summed E-state index contributed by atoms with van der Waals surface area (Å²) in [7, 11) is 0. The highest BCUT2D eigenvalue weighted by Gasteiger charge is 2.29. The molecule has 2 saturated heterocycles. The number of aliphatic hydroxyl groups excluding tert-OH is 1. The van der Waals surface area contributed by atoms with Crippen molar-refractivity contribution in [2.24, 2.45) is 0 Å². The van der Waals surface area contributed by atoms with E-state index in [1.165, 1.54) is 0 Å². The maximum atomic E-state index is 12.8. The Kier molecular flexibility index (Phi) is 6.31. The molecule has 2 aliphatic heterocycles. The summed E-state index contributed by atoms with van der Waals surface area (Å²) in [5.41, 5.74) is 1.87. The van der Waals surface area contributed by atoms with Gasteiger partial charge in [-0.15, -0.1) is 0 Å². The number of nitro groups is 1. The fourth-order valence-corrected chi connectivity index (χ4v) is 4.34. The minimum atomic E-state index is -0.331. The summed E-state index contributed by atoms with van der Waals surface area (Å²) in [6, 6.07) is 10.3. The number of aliphatic hydroxyl groups is 1. The molecule has 1 aromatic heterocycles. The van der Waals surface area contributed by atoms with Crippen LogP contribution in [0.4, 0.5) is 17.2 Å². The largest absolute Gasteiger partial charge is 0.394 e. The summed E-state index contributed by atoms with van der Waals surface area (Å²) in [5.74, 6) is 0.336. The molecule has 2 fully saturated rings. The molecule has 1 amide bonds. The van der Waals surface area contributed by atoms with E-state index in [4.69, 9.17) is 0 Å². The Labute approximate surface area is 180 Å². The molecule has 0 saturated carbocycles. The van der Waals surface area contributed by atoms with Crippen molar-refractivity contribution in [3.05, 3.63) is 57.8 Å². The van der Waals surface area contributed by atoms with Crippen LogP contribution in [0.2, 0.25) is 0 Å². The Morgan fingerprint density at radius 1 is 1.19 bits per heavy atom. The topological polar surface area (TPSA) is 112 Å². The average molecular weight is 425 g/mol. The molecule has 2 aromatic rings. The number of aromatic nitrogens is 1. The third-order valence-corrected chi connectivity index (χ3v) is 5.97. The van der Waals surface area contributed by atoms with E-state index >= 15 is 0 Å². The Morgan fingerprint density at radius 3 is 2.74 bits per heavy atom. The van der Waals surface area contributed by atoms with Crippen LogP contribution in [0.25, 0.3) is 0 Å². The highest BCUT2D eigenvalue weighted by Crippen LogP contribution is 2.31. The first-order valence-corrected chi connectivity index (χ1v) is 10.7. The Bertz CT molecular complexity index is 961. The number of anilines is 2. The van der Waals surface area contributed by atoms with Gasteiger partial charge in [0.1, 0.15) is 17.2 Å². The Hall–Kier alpha value is -3.20.